The number of methoxy groups -OCH3 is 1. The predicted octanol–water partition coefficient (Wildman–Crippen LogP) is 4.42. The first-order valence-electron chi connectivity index (χ1n) is 12.6. The van der Waals surface area contributed by atoms with E-state index in [4.69, 9.17) is 14.7 Å². The highest BCUT2D eigenvalue weighted by molar-refractivity contribution is 7.89. The third kappa shape index (κ3) is 5.11. The first-order chi connectivity index (χ1) is 17.0. The standard InChI is InChI=1S/C27H35N5O2S/c1-20-8-6-7-15-32(20)27-24-9-4-5-10-25(24)28-26(29-27)21(2)30-16-18-31(19-17-30)35(33)23-13-11-22(34-3)12-14-23/h4-5,9-14,20-21H,6-8,15-19H2,1-3H3. The molecule has 3 unspecified atom stereocenters. The SMILES string of the molecule is COc1ccc([S+]([O-])N2CCN(C(C)c3nc(N4CCCCC4C)c4ccccc4n3)CC2)cc1. The smallest absolute Gasteiger partial charge is 0.174 e. The molecule has 0 radical (unpaired) electrons. The first-order valence-corrected chi connectivity index (χ1v) is 13.7. The quantitative estimate of drug-likeness (QED) is 0.471. The van der Waals surface area contributed by atoms with Crippen LogP contribution in [0.2, 0.25) is 0 Å². The molecule has 2 aliphatic heterocycles. The highest BCUT2D eigenvalue weighted by Gasteiger charge is 2.31. The van der Waals surface area contributed by atoms with Crippen LogP contribution in [0.25, 0.3) is 10.9 Å². The van der Waals surface area contributed by atoms with Gasteiger partial charge in [-0.2, -0.15) is 0 Å². The van der Waals surface area contributed by atoms with Crippen molar-refractivity contribution in [3.8, 4) is 5.75 Å². The van der Waals surface area contributed by atoms with E-state index in [1.54, 1.807) is 7.11 Å². The predicted molar refractivity (Wildman–Crippen MR) is 141 cm³/mol. The zero-order chi connectivity index (χ0) is 24.4. The van der Waals surface area contributed by atoms with Crippen LogP contribution in [0.1, 0.15) is 45.0 Å². The van der Waals surface area contributed by atoms with Crippen molar-refractivity contribution in [3.05, 3.63) is 54.4 Å². The minimum absolute atomic E-state index is 0.0926. The molecule has 2 aliphatic rings. The second kappa shape index (κ2) is 10.7. The molecule has 8 heteroatoms. The second-order valence-corrected chi connectivity index (χ2v) is 11.0. The summed E-state index contributed by atoms with van der Waals surface area (Å²) in [7, 11) is 1.64. The number of fused-ring (bicyclic) bond motifs is 1. The maximum atomic E-state index is 13.1. The molecule has 0 N–H and O–H groups in total. The fourth-order valence-electron chi connectivity index (χ4n) is 5.16. The average molecular weight is 494 g/mol. The van der Waals surface area contributed by atoms with Gasteiger partial charge in [-0.3, -0.25) is 4.90 Å². The lowest BCUT2D eigenvalue weighted by molar-refractivity contribution is 0.141. The van der Waals surface area contributed by atoms with E-state index in [1.165, 1.54) is 19.3 Å². The minimum Gasteiger partial charge on any atom is -0.593 e. The van der Waals surface area contributed by atoms with E-state index in [9.17, 15) is 4.55 Å². The second-order valence-electron chi connectivity index (χ2n) is 9.53. The lowest BCUT2D eigenvalue weighted by Crippen LogP contribution is -2.49. The summed E-state index contributed by atoms with van der Waals surface area (Å²) in [6.07, 6.45) is 3.70. The maximum Gasteiger partial charge on any atom is 0.174 e. The monoisotopic (exact) mass is 493 g/mol. The van der Waals surface area contributed by atoms with Crippen LogP contribution in [0.3, 0.4) is 0 Å². The van der Waals surface area contributed by atoms with Gasteiger partial charge in [0.25, 0.3) is 0 Å². The number of hydrogen-bond donors (Lipinski definition) is 0. The average Bonchev–Trinajstić information content (AvgIpc) is 2.92. The lowest BCUT2D eigenvalue weighted by atomic mass is 10.0. The number of aromatic nitrogens is 2. The fourth-order valence-corrected chi connectivity index (χ4v) is 6.32. The Kier molecular flexibility index (Phi) is 7.43. The summed E-state index contributed by atoms with van der Waals surface area (Å²) in [6, 6.07) is 16.5. The van der Waals surface area contributed by atoms with Gasteiger partial charge >= 0.3 is 0 Å². The van der Waals surface area contributed by atoms with Crippen molar-refractivity contribution < 1.29 is 9.29 Å². The summed E-state index contributed by atoms with van der Waals surface area (Å²) in [5, 5.41) is 1.14. The van der Waals surface area contributed by atoms with Gasteiger partial charge in [-0.1, -0.05) is 12.1 Å². The molecule has 2 aromatic carbocycles. The van der Waals surface area contributed by atoms with Crippen molar-refractivity contribution in [2.75, 3.05) is 44.7 Å². The third-order valence-corrected chi connectivity index (χ3v) is 8.88. The van der Waals surface area contributed by atoms with Crippen molar-refractivity contribution in [3.63, 3.8) is 0 Å². The molecule has 3 heterocycles. The Labute approximate surface area is 211 Å². The molecule has 0 spiro atoms. The Hall–Kier alpha value is -2.39. The molecule has 186 valence electrons. The van der Waals surface area contributed by atoms with Gasteiger partial charge in [0.05, 0.1) is 43.1 Å². The number of piperazine rings is 1. The van der Waals surface area contributed by atoms with Gasteiger partial charge in [0.2, 0.25) is 0 Å². The van der Waals surface area contributed by atoms with Crippen LogP contribution in [0, 0.1) is 0 Å². The van der Waals surface area contributed by atoms with Gasteiger partial charge < -0.3 is 14.2 Å². The van der Waals surface area contributed by atoms with Gasteiger partial charge in [-0.15, -0.1) is 4.31 Å². The van der Waals surface area contributed by atoms with Crippen molar-refractivity contribution in [1.82, 2.24) is 19.2 Å². The van der Waals surface area contributed by atoms with E-state index in [0.717, 1.165) is 65.9 Å². The maximum absolute atomic E-state index is 13.1. The summed E-state index contributed by atoms with van der Waals surface area (Å²) in [5.74, 6) is 2.73. The number of hydrogen-bond acceptors (Lipinski definition) is 7. The van der Waals surface area contributed by atoms with E-state index in [-0.39, 0.29) is 6.04 Å². The summed E-state index contributed by atoms with van der Waals surface area (Å²) in [5.41, 5.74) is 1.01. The largest absolute Gasteiger partial charge is 0.593 e. The number of para-hydroxylation sites is 1. The molecule has 0 amide bonds. The van der Waals surface area contributed by atoms with E-state index in [1.807, 2.05) is 28.6 Å². The highest BCUT2D eigenvalue weighted by Crippen LogP contribution is 2.32. The van der Waals surface area contributed by atoms with Crippen LogP contribution >= 0.6 is 0 Å². The molecule has 1 aromatic heterocycles. The normalized spacial score (nSPS) is 21.7. The van der Waals surface area contributed by atoms with Crippen LogP contribution in [0.5, 0.6) is 5.75 Å². The van der Waals surface area contributed by atoms with Gasteiger partial charge in [0, 0.05) is 31.1 Å². The van der Waals surface area contributed by atoms with Crippen molar-refractivity contribution in [1.29, 1.82) is 0 Å². The van der Waals surface area contributed by atoms with Gasteiger partial charge in [-0.25, -0.2) is 9.97 Å². The van der Waals surface area contributed by atoms with Crippen molar-refractivity contribution >= 4 is 28.1 Å². The Morgan fingerprint density at radius 1 is 0.971 bits per heavy atom. The molecule has 3 atom stereocenters. The van der Waals surface area contributed by atoms with Gasteiger partial charge in [-0.05, 0) is 69.5 Å². The minimum atomic E-state index is -1.17. The van der Waals surface area contributed by atoms with E-state index >= 15 is 0 Å². The zero-order valence-electron chi connectivity index (χ0n) is 20.9. The molecule has 35 heavy (non-hydrogen) atoms. The first kappa shape index (κ1) is 24.3. The summed E-state index contributed by atoms with van der Waals surface area (Å²) in [6.45, 7) is 8.69. The number of rotatable bonds is 6. The van der Waals surface area contributed by atoms with Crippen LogP contribution in [-0.4, -0.2) is 69.6 Å². The molecular formula is C27H35N5O2S. The molecule has 5 rings (SSSR count). The van der Waals surface area contributed by atoms with E-state index < -0.39 is 11.4 Å². The van der Waals surface area contributed by atoms with Crippen molar-refractivity contribution in [2.24, 2.45) is 0 Å². The van der Waals surface area contributed by atoms with Crippen molar-refractivity contribution in [2.45, 2.75) is 50.1 Å². The Morgan fingerprint density at radius 3 is 2.43 bits per heavy atom. The fraction of sp³-hybridized carbons (Fsp3) is 0.481. The Bertz CT molecular complexity index is 1140. The van der Waals surface area contributed by atoms with E-state index in [2.05, 4.69) is 47.9 Å². The molecule has 0 bridgehead atoms. The summed E-state index contributed by atoms with van der Waals surface area (Å²) >= 11 is -1.17. The molecule has 0 saturated carbocycles. The number of benzene rings is 2. The van der Waals surface area contributed by atoms with Gasteiger partial charge in [0.1, 0.15) is 17.4 Å². The van der Waals surface area contributed by atoms with Crippen LogP contribution in [-0.2, 0) is 11.4 Å². The molecule has 0 aliphatic carbocycles. The molecule has 7 nitrogen and oxygen atoms in total. The van der Waals surface area contributed by atoms with Gasteiger partial charge in [0.15, 0.2) is 4.90 Å². The Morgan fingerprint density at radius 2 is 1.71 bits per heavy atom. The molecule has 2 fully saturated rings. The summed E-state index contributed by atoms with van der Waals surface area (Å²) in [4.78, 5) is 15.8. The Balaban J connectivity index is 1.32. The lowest BCUT2D eigenvalue weighted by Gasteiger charge is -2.38. The highest BCUT2D eigenvalue weighted by atomic mass is 32.2. The third-order valence-electron chi connectivity index (χ3n) is 7.37. The van der Waals surface area contributed by atoms with E-state index in [0.29, 0.717) is 6.04 Å². The molecule has 3 aromatic rings. The van der Waals surface area contributed by atoms with Crippen LogP contribution in [0.15, 0.2) is 53.4 Å². The molecule has 2 saturated heterocycles. The topological polar surface area (TPSA) is 67.8 Å². The molecular weight excluding hydrogens is 458 g/mol. The number of nitrogens with zero attached hydrogens (tertiary/aromatic N) is 5. The number of ether oxygens (including phenoxy) is 1. The number of anilines is 1. The van der Waals surface area contributed by atoms with Crippen LogP contribution in [0.4, 0.5) is 5.82 Å². The summed E-state index contributed by atoms with van der Waals surface area (Å²) < 4.78 is 20.4. The number of piperidine rings is 1. The van der Waals surface area contributed by atoms with Crippen LogP contribution < -0.4 is 9.64 Å². The zero-order valence-corrected chi connectivity index (χ0v) is 21.7.